The number of amides is 2. The highest BCUT2D eigenvalue weighted by molar-refractivity contribution is 6.11. The van der Waals surface area contributed by atoms with Crippen LogP contribution < -0.4 is 5.32 Å². The number of hydrogen-bond acceptors (Lipinski definition) is 3. The summed E-state index contributed by atoms with van der Waals surface area (Å²) in [6, 6.07) is 15.3. The summed E-state index contributed by atoms with van der Waals surface area (Å²) in [5, 5.41) is 12.0. The Morgan fingerprint density at radius 2 is 1.54 bits per heavy atom. The summed E-state index contributed by atoms with van der Waals surface area (Å²) in [7, 11) is 3.06. The average molecular weight is 484 g/mol. The Labute approximate surface area is 200 Å². The molecule has 3 aromatic rings. The predicted molar refractivity (Wildman–Crippen MR) is 125 cm³/mol. The van der Waals surface area contributed by atoms with Crippen molar-refractivity contribution in [2.45, 2.75) is 19.0 Å². The van der Waals surface area contributed by atoms with Crippen LogP contribution in [0.25, 0.3) is 11.1 Å². The van der Waals surface area contributed by atoms with Gasteiger partial charge in [-0.25, -0.2) is 0 Å². The second kappa shape index (κ2) is 10.0. The van der Waals surface area contributed by atoms with Gasteiger partial charge in [0.25, 0.3) is 11.8 Å². The fraction of sp³-hybridized carbons (Fsp3) is 0.192. The Morgan fingerprint density at radius 3 is 2.11 bits per heavy atom. The molecular weight excluding hydrogens is 461 g/mol. The molecular formula is C26H23F3N2O4. The normalized spacial score (nSPS) is 12.1. The van der Waals surface area contributed by atoms with Gasteiger partial charge < -0.3 is 15.3 Å². The molecule has 0 radical (unpaired) electrons. The summed E-state index contributed by atoms with van der Waals surface area (Å²) in [4.78, 5) is 38.6. The number of halogens is 3. The van der Waals surface area contributed by atoms with Gasteiger partial charge in [-0.2, -0.15) is 13.2 Å². The molecule has 0 saturated heterocycles. The molecule has 0 fully saturated rings. The molecule has 0 bridgehead atoms. The molecule has 0 aromatic heterocycles. The zero-order chi connectivity index (χ0) is 25.9. The van der Waals surface area contributed by atoms with Crippen LogP contribution in [0.2, 0.25) is 0 Å². The van der Waals surface area contributed by atoms with Gasteiger partial charge in [0, 0.05) is 19.7 Å². The molecule has 9 heteroatoms. The summed E-state index contributed by atoms with van der Waals surface area (Å²) < 4.78 is 38.8. The Kier molecular flexibility index (Phi) is 7.28. The van der Waals surface area contributed by atoms with Crippen molar-refractivity contribution in [3.8, 4) is 11.1 Å². The number of carbonyl (C=O) groups is 3. The lowest BCUT2D eigenvalue weighted by molar-refractivity contribution is -0.138. The van der Waals surface area contributed by atoms with Gasteiger partial charge in [0.1, 0.15) is 0 Å². The van der Waals surface area contributed by atoms with E-state index in [-0.39, 0.29) is 16.8 Å². The van der Waals surface area contributed by atoms with Crippen LogP contribution in [-0.2, 0) is 11.0 Å². The van der Waals surface area contributed by atoms with E-state index in [1.807, 2.05) is 0 Å². The van der Waals surface area contributed by atoms with Crippen molar-refractivity contribution in [1.29, 1.82) is 0 Å². The minimum absolute atomic E-state index is 0.112. The monoisotopic (exact) mass is 484 g/mol. The number of anilines is 1. The Hall–Kier alpha value is -4.14. The van der Waals surface area contributed by atoms with Crippen molar-refractivity contribution in [1.82, 2.24) is 4.90 Å². The van der Waals surface area contributed by atoms with Crippen LogP contribution in [0.1, 0.15) is 44.7 Å². The first kappa shape index (κ1) is 25.5. The average Bonchev–Trinajstić information content (AvgIpc) is 2.82. The van der Waals surface area contributed by atoms with Crippen LogP contribution in [0.5, 0.6) is 0 Å². The van der Waals surface area contributed by atoms with Gasteiger partial charge in [-0.15, -0.1) is 0 Å². The first-order valence-corrected chi connectivity index (χ1v) is 10.6. The molecule has 1 unspecified atom stereocenters. The van der Waals surface area contributed by atoms with Gasteiger partial charge in [0.2, 0.25) is 0 Å². The maximum absolute atomic E-state index is 13.2. The summed E-state index contributed by atoms with van der Waals surface area (Å²) in [5.74, 6) is -2.94. The van der Waals surface area contributed by atoms with Gasteiger partial charge in [-0.3, -0.25) is 14.4 Å². The largest absolute Gasteiger partial charge is 0.481 e. The number of aliphatic carboxylic acids is 1. The van der Waals surface area contributed by atoms with E-state index >= 15 is 0 Å². The number of alkyl halides is 3. The Morgan fingerprint density at radius 1 is 0.914 bits per heavy atom. The van der Waals surface area contributed by atoms with E-state index in [0.29, 0.717) is 16.7 Å². The number of carbonyl (C=O) groups excluding carboxylic acids is 2. The van der Waals surface area contributed by atoms with Gasteiger partial charge in [-0.1, -0.05) is 36.4 Å². The minimum atomic E-state index is -4.48. The summed E-state index contributed by atoms with van der Waals surface area (Å²) in [6.45, 7) is 1.49. The van der Waals surface area contributed by atoms with E-state index in [1.165, 1.54) is 62.3 Å². The highest BCUT2D eigenvalue weighted by atomic mass is 19.4. The van der Waals surface area contributed by atoms with E-state index in [9.17, 15) is 32.7 Å². The third kappa shape index (κ3) is 5.68. The number of rotatable bonds is 6. The third-order valence-electron chi connectivity index (χ3n) is 5.49. The van der Waals surface area contributed by atoms with Crippen LogP contribution in [-0.4, -0.2) is 41.9 Å². The second-order valence-electron chi connectivity index (χ2n) is 8.14. The highest BCUT2D eigenvalue weighted by Crippen LogP contribution is 2.32. The number of nitrogens with zero attached hydrogens (tertiary/aromatic N) is 1. The van der Waals surface area contributed by atoms with E-state index < -0.39 is 35.4 Å². The first-order chi connectivity index (χ1) is 16.4. The molecule has 0 spiro atoms. The zero-order valence-corrected chi connectivity index (χ0v) is 19.2. The Balaban J connectivity index is 1.99. The number of hydrogen-bond donors (Lipinski definition) is 2. The SMILES string of the molecule is CC(C(=O)O)c1ccc(NC(=O)c2ccccc2-c2ccc(C(F)(F)F)cc2)c(C(=O)N(C)C)c1. The number of carboxylic acids is 1. The third-order valence-corrected chi connectivity index (χ3v) is 5.49. The maximum Gasteiger partial charge on any atom is 0.416 e. The quantitative estimate of drug-likeness (QED) is 0.483. The molecule has 2 N–H and O–H groups in total. The van der Waals surface area contributed by atoms with Gasteiger partial charge in [0.15, 0.2) is 0 Å². The summed E-state index contributed by atoms with van der Waals surface area (Å²) in [5.41, 5.74) is 0.905. The Bertz CT molecular complexity index is 1270. The molecule has 3 rings (SSSR count). The van der Waals surface area contributed by atoms with Gasteiger partial charge in [0.05, 0.1) is 22.7 Å². The van der Waals surface area contributed by atoms with Crippen LogP contribution in [0.4, 0.5) is 18.9 Å². The maximum atomic E-state index is 13.2. The predicted octanol–water partition coefficient (Wildman–Crippen LogP) is 5.51. The minimum Gasteiger partial charge on any atom is -0.481 e. The molecule has 0 aliphatic heterocycles. The molecule has 1 atom stereocenters. The fourth-order valence-electron chi connectivity index (χ4n) is 3.46. The number of nitrogens with one attached hydrogen (secondary N) is 1. The lowest BCUT2D eigenvalue weighted by Gasteiger charge is -2.18. The van der Waals surface area contributed by atoms with Crippen LogP contribution in [0, 0.1) is 0 Å². The van der Waals surface area contributed by atoms with Crippen molar-refractivity contribution in [3.63, 3.8) is 0 Å². The van der Waals surface area contributed by atoms with Crippen LogP contribution >= 0.6 is 0 Å². The zero-order valence-electron chi connectivity index (χ0n) is 19.2. The first-order valence-electron chi connectivity index (χ1n) is 10.6. The van der Waals surface area contributed by atoms with E-state index in [1.54, 1.807) is 18.2 Å². The van der Waals surface area contributed by atoms with Crippen LogP contribution in [0.3, 0.4) is 0 Å². The lowest BCUT2D eigenvalue weighted by Crippen LogP contribution is -2.24. The number of benzene rings is 3. The topological polar surface area (TPSA) is 86.7 Å². The lowest BCUT2D eigenvalue weighted by atomic mass is 9.96. The summed E-state index contributed by atoms with van der Waals surface area (Å²) in [6.07, 6.45) is -4.48. The van der Waals surface area contributed by atoms with E-state index in [4.69, 9.17) is 0 Å². The molecule has 0 heterocycles. The standard InChI is InChI=1S/C26H23F3N2O4/c1-15(25(34)35)17-10-13-22(21(14-17)24(33)31(2)3)30-23(32)20-7-5-4-6-19(20)16-8-11-18(12-9-16)26(27,28)29/h4-15H,1-3H3,(H,30,32)(H,34,35). The highest BCUT2D eigenvalue weighted by Gasteiger charge is 2.30. The van der Waals surface area contributed by atoms with Crippen molar-refractivity contribution in [2.24, 2.45) is 0 Å². The molecule has 2 amide bonds. The van der Waals surface area contributed by atoms with Crippen molar-refractivity contribution in [3.05, 3.63) is 89.0 Å². The van der Waals surface area contributed by atoms with Crippen molar-refractivity contribution >= 4 is 23.5 Å². The van der Waals surface area contributed by atoms with E-state index in [2.05, 4.69) is 5.32 Å². The summed E-state index contributed by atoms with van der Waals surface area (Å²) >= 11 is 0. The van der Waals surface area contributed by atoms with Crippen LogP contribution in [0.15, 0.2) is 66.7 Å². The smallest absolute Gasteiger partial charge is 0.416 e. The number of carboxylic acid groups (broad SMARTS) is 1. The van der Waals surface area contributed by atoms with E-state index in [0.717, 1.165) is 12.1 Å². The van der Waals surface area contributed by atoms with Gasteiger partial charge >= 0.3 is 12.1 Å². The van der Waals surface area contributed by atoms with Gasteiger partial charge in [-0.05, 0) is 53.9 Å². The molecule has 35 heavy (non-hydrogen) atoms. The molecule has 3 aromatic carbocycles. The molecule has 6 nitrogen and oxygen atoms in total. The fourth-order valence-corrected chi connectivity index (χ4v) is 3.46. The molecule has 0 saturated carbocycles. The molecule has 0 aliphatic rings. The van der Waals surface area contributed by atoms with Crippen molar-refractivity contribution in [2.75, 3.05) is 19.4 Å². The van der Waals surface area contributed by atoms with Crippen molar-refractivity contribution < 1.29 is 32.7 Å². The molecule has 0 aliphatic carbocycles. The molecule has 182 valence electrons. The second-order valence-corrected chi connectivity index (χ2v) is 8.14.